The van der Waals surface area contributed by atoms with Crippen molar-refractivity contribution in [1.29, 1.82) is 0 Å². The van der Waals surface area contributed by atoms with Crippen molar-refractivity contribution >= 4 is 15.9 Å². The Morgan fingerprint density at radius 2 is 2.23 bits per heavy atom. The molecule has 0 unspecified atom stereocenters. The fourth-order valence-electron chi connectivity index (χ4n) is 1.27. The van der Waals surface area contributed by atoms with E-state index in [1.165, 1.54) is 6.07 Å². The normalized spacial score (nSPS) is 10.2. The summed E-state index contributed by atoms with van der Waals surface area (Å²) in [5.74, 6) is 0.342. The highest BCUT2D eigenvalue weighted by atomic mass is 79.9. The van der Waals surface area contributed by atoms with Crippen LogP contribution < -0.4 is 10.5 Å². The molecule has 0 amide bonds. The molecule has 0 aromatic heterocycles. The van der Waals surface area contributed by atoms with Gasteiger partial charge >= 0.3 is 0 Å². The maximum Gasteiger partial charge on any atom is 0.138 e. The highest BCUT2D eigenvalue weighted by molar-refractivity contribution is 9.10. The maximum atomic E-state index is 13.2. The molecule has 4 heteroatoms. The Bertz CT molecular complexity index is 328. The van der Waals surface area contributed by atoms with Gasteiger partial charge in [0.1, 0.15) is 11.6 Å². The largest absolute Gasteiger partial charge is 0.496 e. The van der Waals surface area contributed by atoms with E-state index in [9.17, 15) is 4.39 Å². The Kier molecular flexibility index (Phi) is 3.27. The fraction of sp³-hybridized carbons (Fsp3) is 0.333. The lowest BCUT2D eigenvalue weighted by Gasteiger charge is -2.12. The molecule has 0 fully saturated rings. The van der Waals surface area contributed by atoms with E-state index in [-0.39, 0.29) is 12.4 Å². The molecular formula is C9H11BrFNO. The Morgan fingerprint density at radius 1 is 1.62 bits per heavy atom. The summed E-state index contributed by atoms with van der Waals surface area (Å²) < 4.78 is 18.7. The molecule has 0 bridgehead atoms. The van der Waals surface area contributed by atoms with Gasteiger partial charge in [0.25, 0.3) is 0 Å². The summed E-state index contributed by atoms with van der Waals surface area (Å²) in [4.78, 5) is 0. The Labute approximate surface area is 85.0 Å². The number of benzene rings is 1. The molecule has 72 valence electrons. The lowest BCUT2D eigenvalue weighted by atomic mass is 10.1. The van der Waals surface area contributed by atoms with Crippen molar-refractivity contribution in [3.05, 3.63) is 27.5 Å². The summed E-state index contributed by atoms with van der Waals surface area (Å²) in [6.45, 7) is 2.04. The van der Waals surface area contributed by atoms with Crippen LogP contribution in [0.5, 0.6) is 5.75 Å². The molecule has 0 radical (unpaired) electrons. The van der Waals surface area contributed by atoms with Crippen molar-refractivity contribution in [2.45, 2.75) is 13.5 Å². The lowest BCUT2D eigenvalue weighted by molar-refractivity contribution is 0.404. The third kappa shape index (κ3) is 1.84. The van der Waals surface area contributed by atoms with Gasteiger partial charge in [-0.05, 0) is 34.5 Å². The van der Waals surface area contributed by atoms with Crippen LogP contribution in [0.4, 0.5) is 4.39 Å². The summed E-state index contributed by atoms with van der Waals surface area (Å²) in [6.07, 6.45) is 0. The molecule has 0 atom stereocenters. The molecule has 2 nitrogen and oxygen atoms in total. The predicted molar refractivity (Wildman–Crippen MR) is 53.3 cm³/mol. The third-order valence-corrected chi connectivity index (χ3v) is 2.72. The Hall–Kier alpha value is -0.610. The first-order chi connectivity index (χ1) is 6.11. The monoisotopic (exact) mass is 247 g/mol. The van der Waals surface area contributed by atoms with Crippen molar-refractivity contribution in [3.63, 3.8) is 0 Å². The molecule has 0 heterocycles. The van der Waals surface area contributed by atoms with Crippen molar-refractivity contribution in [2.24, 2.45) is 5.73 Å². The van der Waals surface area contributed by atoms with Gasteiger partial charge in [0.05, 0.1) is 11.6 Å². The van der Waals surface area contributed by atoms with Gasteiger partial charge in [-0.25, -0.2) is 4.39 Å². The molecule has 0 aliphatic rings. The second-order valence-corrected chi connectivity index (χ2v) is 3.50. The second-order valence-electron chi connectivity index (χ2n) is 2.71. The van der Waals surface area contributed by atoms with E-state index in [1.807, 2.05) is 0 Å². The van der Waals surface area contributed by atoms with Crippen LogP contribution in [0.15, 0.2) is 10.5 Å². The topological polar surface area (TPSA) is 35.2 Å². The fourth-order valence-corrected chi connectivity index (χ4v) is 1.72. The van der Waals surface area contributed by atoms with Crippen LogP contribution in [-0.2, 0) is 6.54 Å². The molecule has 0 saturated heterocycles. The summed E-state index contributed by atoms with van der Waals surface area (Å²) in [7, 11) is 1.55. The van der Waals surface area contributed by atoms with Crippen LogP contribution in [0.3, 0.4) is 0 Å². The molecule has 1 aromatic rings. The van der Waals surface area contributed by atoms with Gasteiger partial charge in [-0.15, -0.1) is 0 Å². The van der Waals surface area contributed by atoms with E-state index in [2.05, 4.69) is 15.9 Å². The lowest BCUT2D eigenvalue weighted by Crippen LogP contribution is -2.04. The first-order valence-corrected chi connectivity index (χ1v) is 4.62. The smallest absolute Gasteiger partial charge is 0.138 e. The van der Waals surface area contributed by atoms with Crippen LogP contribution in [0.1, 0.15) is 11.1 Å². The zero-order valence-electron chi connectivity index (χ0n) is 7.53. The van der Waals surface area contributed by atoms with Gasteiger partial charge < -0.3 is 10.5 Å². The average Bonchev–Trinajstić information content (AvgIpc) is 2.10. The SMILES string of the molecule is COc1c(C)cc(F)c(Br)c1CN. The summed E-state index contributed by atoms with van der Waals surface area (Å²) in [5.41, 5.74) is 6.91. The minimum absolute atomic E-state index is 0.252. The predicted octanol–water partition coefficient (Wildman–Crippen LogP) is 2.36. The molecule has 0 saturated carbocycles. The summed E-state index contributed by atoms with van der Waals surface area (Å²) >= 11 is 3.13. The zero-order chi connectivity index (χ0) is 10.0. The van der Waals surface area contributed by atoms with E-state index in [0.29, 0.717) is 15.8 Å². The number of ether oxygens (including phenoxy) is 1. The standard InChI is InChI=1S/C9H11BrFNO/c1-5-3-7(11)8(10)6(4-12)9(5)13-2/h3H,4,12H2,1-2H3. The van der Waals surface area contributed by atoms with Crippen LogP contribution in [0, 0.1) is 12.7 Å². The van der Waals surface area contributed by atoms with E-state index in [0.717, 1.165) is 5.56 Å². The minimum Gasteiger partial charge on any atom is -0.496 e. The van der Waals surface area contributed by atoms with Gasteiger partial charge in [-0.1, -0.05) is 0 Å². The van der Waals surface area contributed by atoms with Gasteiger partial charge in [0.2, 0.25) is 0 Å². The number of methoxy groups -OCH3 is 1. The molecule has 2 N–H and O–H groups in total. The molecule has 0 spiro atoms. The van der Waals surface area contributed by atoms with E-state index >= 15 is 0 Å². The molecule has 13 heavy (non-hydrogen) atoms. The number of rotatable bonds is 2. The second kappa shape index (κ2) is 4.07. The van der Waals surface area contributed by atoms with Crippen molar-refractivity contribution in [1.82, 2.24) is 0 Å². The van der Waals surface area contributed by atoms with Crippen LogP contribution in [0.25, 0.3) is 0 Å². The first-order valence-electron chi connectivity index (χ1n) is 3.83. The quantitative estimate of drug-likeness (QED) is 0.871. The Balaban J connectivity index is 3.41. The van der Waals surface area contributed by atoms with Crippen molar-refractivity contribution in [2.75, 3.05) is 7.11 Å². The maximum absolute atomic E-state index is 13.2. The highest BCUT2D eigenvalue weighted by Gasteiger charge is 2.13. The Morgan fingerprint density at radius 3 is 2.69 bits per heavy atom. The van der Waals surface area contributed by atoms with Gasteiger partial charge in [0.15, 0.2) is 0 Å². The average molecular weight is 248 g/mol. The number of hydrogen-bond donors (Lipinski definition) is 1. The molecular weight excluding hydrogens is 237 g/mol. The van der Waals surface area contributed by atoms with Gasteiger partial charge in [-0.2, -0.15) is 0 Å². The van der Waals surface area contributed by atoms with Crippen molar-refractivity contribution in [3.8, 4) is 5.75 Å². The molecule has 0 aliphatic heterocycles. The highest BCUT2D eigenvalue weighted by Crippen LogP contribution is 2.32. The number of halogens is 2. The van der Waals surface area contributed by atoms with E-state index in [1.54, 1.807) is 14.0 Å². The van der Waals surface area contributed by atoms with Crippen LogP contribution in [0.2, 0.25) is 0 Å². The molecule has 1 rings (SSSR count). The van der Waals surface area contributed by atoms with Crippen LogP contribution >= 0.6 is 15.9 Å². The number of nitrogens with two attached hydrogens (primary N) is 1. The molecule has 0 aliphatic carbocycles. The first kappa shape index (κ1) is 10.5. The number of hydrogen-bond acceptors (Lipinski definition) is 2. The van der Waals surface area contributed by atoms with Gasteiger partial charge in [-0.3, -0.25) is 0 Å². The molecule has 1 aromatic carbocycles. The van der Waals surface area contributed by atoms with Crippen molar-refractivity contribution < 1.29 is 9.13 Å². The zero-order valence-corrected chi connectivity index (χ0v) is 9.11. The van der Waals surface area contributed by atoms with Gasteiger partial charge in [0, 0.05) is 12.1 Å². The minimum atomic E-state index is -0.307. The van der Waals surface area contributed by atoms with E-state index in [4.69, 9.17) is 10.5 Å². The summed E-state index contributed by atoms with van der Waals surface area (Å²) in [6, 6.07) is 1.42. The number of aryl methyl sites for hydroxylation is 1. The summed E-state index contributed by atoms with van der Waals surface area (Å²) in [5, 5.41) is 0. The van der Waals surface area contributed by atoms with E-state index < -0.39 is 0 Å². The third-order valence-electron chi connectivity index (χ3n) is 1.86. The van der Waals surface area contributed by atoms with Crippen LogP contribution in [-0.4, -0.2) is 7.11 Å².